The van der Waals surface area contributed by atoms with Gasteiger partial charge in [0.15, 0.2) is 0 Å². The van der Waals surface area contributed by atoms with Gasteiger partial charge in [0.2, 0.25) is 0 Å². The van der Waals surface area contributed by atoms with Crippen molar-refractivity contribution in [3.63, 3.8) is 0 Å². The van der Waals surface area contributed by atoms with Crippen molar-refractivity contribution in [1.29, 1.82) is 4.78 Å². The second-order valence-corrected chi connectivity index (χ2v) is 5.33. The zero-order chi connectivity index (χ0) is 11.5. The van der Waals surface area contributed by atoms with E-state index >= 15 is 0 Å². The molecule has 0 spiro atoms. The van der Waals surface area contributed by atoms with Crippen LogP contribution >= 0.6 is 0 Å². The Morgan fingerprint density at radius 1 is 0.812 bits per heavy atom. The summed E-state index contributed by atoms with van der Waals surface area (Å²) in [4.78, 5) is 2.24. The van der Waals surface area contributed by atoms with Crippen molar-refractivity contribution < 1.29 is 0 Å². The summed E-state index contributed by atoms with van der Waals surface area (Å²) in [5.41, 5.74) is 2.42. The summed E-state index contributed by atoms with van der Waals surface area (Å²) in [6, 6.07) is 16.3. The summed E-state index contributed by atoms with van der Waals surface area (Å²) in [5, 5.41) is 0. The van der Waals surface area contributed by atoms with Gasteiger partial charge in [-0.1, -0.05) is 36.4 Å². The lowest BCUT2D eigenvalue weighted by Gasteiger charge is -2.12. The first-order valence-electron chi connectivity index (χ1n) is 5.27. The molecule has 0 amide bonds. The van der Waals surface area contributed by atoms with Crippen LogP contribution in [0, 0.1) is 18.6 Å². The fourth-order valence-electron chi connectivity index (χ4n) is 1.80. The lowest BCUT2D eigenvalue weighted by Crippen LogP contribution is -1.96. The Labute approximate surface area is 99.0 Å². The highest BCUT2D eigenvalue weighted by molar-refractivity contribution is 7.86. The van der Waals surface area contributed by atoms with Gasteiger partial charge in [-0.25, -0.2) is 0 Å². The molecule has 1 nitrogen and oxygen atoms in total. The first-order valence-corrected chi connectivity index (χ1v) is 6.49. The van der Waals surface area contributed by atoms with E-state index in [-0.39, 0.29) is 0 Å². The molecular weight excluding hydrogens is 214 g/mol. The van der Waals surface area contributed by atoms with Crippen molar-refractivity contribution in [2.24, 2.45) is 0 Å². The molecule has 0 fully saturated rings. The molecule has 0 heterocycles. The van der Waals surface area contributed by atoms with Crippen LogP contribution < -0.4 is 0 Å². The highest BCUT2D eigenvalue weighted by Gasteiger charge is 2.08. The minimum absolute atomic E-state index is 0.570. The molecule has 0 radical (unpaired) electrons. The van der Waals surface area contributed by atoms with E-state index in [9.17, 15) is 0 Å². The van der Waals surface area contributed by atoms with Crippen LogP contribution in [0.4, 0.5) is 0 Å². The second kappa shape index (κ2) is 4.62. The molecule has 2 aromatic rings. The largest absolute Gasteiger partial charge is 0.271 e. The molecule has 0 bridgehead atoms. The standard InChI is InChI=1S/C14H15NS/c1-11-7-6-8-12(2)14(11)16(15)13-9-4-3-5-10-13/h3-10,15H,1-2H3. The van der Waals surface area contributed by atoms with Gasteiger partial charge in [-0.15, -0.1) is 0 Å². The minimum Gasteiger partial charge on any atom is -0.271 e. The van der Waals surface area contributed by atoms with Crippen LogP contribution in [0.5, 0.6) is 0 Å². The predicted octanol–water partition coefficient (Wildman–Crippen LogP) is 4.10. The minimum atomic E-state index is -0.570. The molecule has 1 N–H and O–H groups in total. The Kier molecular flexibility index (Phi) is 3.20. The summed E-state index contributed by atoms with van der Waals surface area (Å²) in [6.45, 7) is 4.17. The summed E-state index contributed by atoms with van der Waals surface area (Å²) in [7, 11) is -0.570. The molecule has 2 rings (SSSR count). The van der Waals surface area contributed by atoms with Gasteiger partial charge in [0.1, 0.15) is 0 Å². The molecule has 0 aliphatic heterocycles. The zero-order valence-electron chi connectivity index (χ0n) is 9.53. The van der Waals surface area contributed by atoms with E-state index < -0.39 is 10.7 Å². The van der Waals surface area contributed by atoms with Crippen LogP contribution in [0.1, 0.15) is 11.1 Å². The molecule has 0 aliphatic rings. The lowest BCUT2D eigenvalue weighted by atomic mass is 10.2. The fourth-order valence-corrected chi connectivity index (χ4v) is 3.24. The number of nitrogens with one attached hydrogen (secondary N) is 1. The molecule has 0 saturated heterocycles. The number of benzene rings is 2. The van der Waals surface area contributed by atoms with Crippen LogP contribution in [0.15, 0.2) is 58.3 Å². The van der Waals surface area contributed by atoms with Gasteiger partial charge >= 0.3 is 0 Å². The Morgan fingerprint density at radius 2 is 1.38 bits per heavy atom. The van der Waals surface area contributed by atoms with E-state index in [1.165, 1.54) is 11.1 Å². The van der Waals surface area contributed by atoms with Crippen molar-refractivity contribution >= 4 is 10.7 Å². The molecule has 0 aliphatic carbocycles. The Hall–Kier alpha value is -1.41. The zero-order valence-corrected chi connectivity index (χ0v) is 10.3. The van der Waals surface area contributed by atoms with Gasteiger partial charge in [-0.2, -0.15) is 0 Å². The lowest BCUT2D eigenvalue weighted by molar-refractivity contribution is 1.20. The van der Waals surface area contributed by atoms with E-state index in [0.29, 0.717) is 0 Å². The first-order chi connectivity index (χ1) is 7.70. The van der Waals surface area contributed by atoms with Crippen molar-refractivity contribution in [2.45, 2.75) is 23.6 Å². The summed E-state index contributed by atoms with van der Waals surface area (Å²) < 4.78 is 8.36. The quantitative estimate of drug-likeness (QED) is 0.801. The Balaban J connectivity index is 2.50. The third-order valence-corrected chi connectivity index (χ3v) is 4.39. The van der Waals surface area contributed by atoms with Gasteiger partial charge in [0, 0.05) is 9.79 Å². The third kappa shape index (κ3) is 2.07. The fraction of sp³-hybridized carbons (Fsp3) is 0.143. The Bertz CT molecular complexity index is 497. The molecule has 2 aromatic carbocycles. The maximum absolute atomic E-state index is 8.36. The van der Waals surface area contributed by atoms with E-state index in [1.807, 2.05) is 30.3 Å². The van der Waals surface area contributed by atoms with E-state index in [2.05, 4.69) is 32.0 Å². The number of aryl methyl sites for hydroxylation is 2. The van der Waals surface area contributed by atoms with Crippen LogP contribution in [0.3, 0.4) is 0 Å². The molecule has 1 atom stereocenters. The van der Waals surface area contributed by atoms with Gasteiger partial charge in [0.05, 0.1) is 0 Å². The predicted molar refractivity (Wildman–Crippen MR) is 69.0 cm³/mol. The van der Waals surface area contributed by atoms with E-state index in [1.54, 1.807) is 0 Å². The maximum Gasteiger partial charge on any atom is 0.0287 e. The molecule has 2 heteroatoms. The average Bonchev–Trinajstić information content (AvgIpc) is 2.30. The molecule has 0 aromatic heterocycles. The van der Waals surface area contributed by atoms with E-state index in [4.69, 9.17) is 4.78 Å². The number of rotatable bonds is 2. The van der Waals surface area contributed by atoms with Crippen LogP contribution in [0.25, 0.3) is 0 Å². The van der Waals surface area contributed by atoms with E-state index in [0.717, 1.165) is 9.79 Å². The molecule has 0 saturated carbocycles. The SMILES string of the molecule is Cc1cccc(C)c1S(=N)c1ccccc1. The van der Waals surface area contributed by atoms with Crippen LogP contribution in [-0.4, -0.2) is 0 Å². The van der Waals surface area contributed by atoms with Crippen molar-refractivity contribution in [3.05, 3.63) is 59.7 Å². The summed E-state index contributed by atoms with van der Waals surface area (Å²) in [5.74, 6) is 0. The summed E-state index contributed by atoms with van der Waals surface area (Å²) >= 11 is 0. The van der Waals surface area contributed by atoms with Crippen LogP contribution in [0.2, 0.25) is 0 Å². The average molecular weight is 229 g/mol. The highest BCUT2D eigenvalue weighted by atomic mass is 32.2. The third-order valence-electron chi connectivity index (χ3n) is 2.59. The van der Waals surface area contributed by atoms with Crippen molar-refractivity contribution in [3.8, 4) is 0 Å². The van der Waals surface area contributed by atoms with Crippen LogP contribution in [-0.2, 0) is 10.7 Å². The molecule has 16 heavy (non-hydrogen) atoms. The smallest absolute Gasteiger partial charge is 0.0287 e. The maximum atomic E-state index is 8.36. The summed E-state index contributed by atoms with van der Waals surface area (Å²) in [6.07, 6.45) is 0. The first kappa shape index (κ1) is 11.1. The van der Waals surface area contributed by atoms with Gasteiger partial charge < -0.3 is 0 Å². The number of hydrogen-bond donors (Lipinski definition) is 1. The van der Waals surface area contributed by atoms with Gasteiger partial charge in [0.25, 0.3) is 0 Å². The molecule has 1 unspecified atom stereocenters. The topological polar surface area (TPSA) is 23.9 Å². The van der Waals surface area contributed by atoms with Gasteiger partial charge in [-0.3, -0.25) is 4.78 Å². The highest BCUT2D eigenvalue weighted by Crippen LogP contribution is 2.23. The molecular formula is C14H15NS. The molecule has 82 valence electrons. The Morgan fingerprint density at radius 3 is 1.94 bits per heavy atom. The van der Waals surface area contributed by atoms with Crippen molar-refractivity contribution in [1.82, 2.24) is 0 Å². The monoisotopic (exact) mass is 229 g/mol. The van der Waals surface area contributed by atoms with Gasteiger partial charge in [-0.05, 0) is 47.8 Å². The number of hydrogen-bond acceptors (Lipinski definition) is 1. The normalized spacial score (nSPS) is 12.4. The second-order valence-electron chi connectivity index (χ2n) is 3.84. The van der Waals surface area contributed by atoms with Crippen molar-refractivity contribution in [2.75, 3.05) is 0 Å².